The topological polar surface area (TPSA) is 70.0 Å². The lowest BCUT2D eigenvalue weighted by Gasteiger charge is -2.40. The van der Waals surface area contributed by atoms with Crippen LogP contribution >= 0.6 is 24.0 Å². The molecule has 2 aliphatic rings. The maximum absolute atomic E-state index is 11.7. The summed E-state index contributed by atoms with van der Waals surface area (Å²) in [5.74, 6) is -1.24. The van der Waals surface area contributed by atoms with Crippen molar-refractivity contribution in [2.75, 3.05) is 0 Å². The molecule has 5 nitrogen and oxygen atoms in total. The normalized spacial score (nSPS) is 35.0. The number of isothiocyanates is 1. The molecule has 1 N–H and O–H groups in total. The van der Waals surface area contributed by atoms with Gasteiger partial charge in [-0.15, -0.1) is 11.8 Å². The van der Waals surface area contributed by atoms with Crippen LogP contribution in [0.25, 0.3) is 0 Å². The lowest BCUT2D eigenvalue weighted by molar-refractivity contribution is -0.158. The number of carboxylic acid groups (broad SMARTS) is 1. The molecular formula is C9H10N2O3S2. The van der Waals surface area contributed by atoms with Gasteiger partial charge in [-0.2, -0.15) is 0 Å². The minimum atomic E-state index is -0.974. The number of thioether (sulfide) groups is 1. The number of rotatable bonds is 2. The molecule has 0 unspecified atom stereocenters. The number of hydrogen-bond acceptors (Lipinski definition) is 5. The summed E-state index contributed by atoms with van der Waals surface area (Å²) in [7, 11) is 0. The third-order valence-corrected chi connectivity index (χ3v) is 4.50. The van der Waals surface area contributed by atoms with Crippen LogP contribution in [0.2, 0.25) is 0 Å². The highest BCUT2D eigenvalue weighted by Crippen LogP contribution is 2.51. The second-order valence-electron chi connectivity index (χ2n) is 4.26. The number of nitrogens with zero attached hydrogens (tertiary/aromatic N) is 2. The van der Waals surface area contributed by atoms with Gasteiger partial charge in [0.05, 0.1) is 5.16 Å². The van der Waals surface area contributed by atoms with E-state index in [4.69, 9.17) is 5.11 Å². The van der Waals surface area contributed by atoms with E-state index in [0.717, 1.165) is 0 Å². The van der Waals surface area contributed by atoms with Gasteiger partial charge in [0.2, 0.25) is 0 Å². The van der Waals surface area contributed by atoms with Gasteiger partial charge < -0.3 is 10.0 Å². The van der Waals surface area contributed by atoms with Crippen molar-refractivity contribution in [3.05, 3.63) is 0 Å². The largest absolute Gasteiger partial charge is 0.480 e. The lowest BCUT2D eigenvalue weighted by Crippen LogP contribution is -2.64. The number of carbonyl (C=O) groups excluding carboxylic acids is 1. The predicted octanol–water partition coefficient (Wildman–Crippen LogP) is 0.605. The molecule has 2 aliphatic heterocycles. The molecule has 0 aliphatic carbocycles. The van der Waals surface area contributed by atoms with E-state index in [0.29, 0.717) is 0 Å². The highest BCUT2D eigenvalue weighted by molar-refractivity contribution is 8.01. The predicted molar refractivity (Wildman–Crippen MR) is 62.5 cm³/mol. The molecule has 0 bridgehead atoms. The second-order valence-corrected chi connectivity index (χ2v) is 6.22. The van der Waals surface area contributed by atoms with Crippen LogP contribution in [-0.2, 0) is 9.59 Å². The molecule has 2 rings (SSSR count). The second kappa shape index (κ2) is 3.55. The summed E-state index contributed by atoms with van der Waals surface area (Å²) < 4.78 is -0.502. The molecule has 2 heterocycles. The van der Waals surface area contributed by atoms with Crippen molar-refractivity contribution >= 4 is 41.0 Å². The van der Waals surface area contributed by atoms with Crippen molar-refractivity contribution in [3.8, 4) is 0 Å². The van der Waals surface area contributed by atoms with Crippen molar-refractivity contribution < 1.29 is 14.7 Å². The van der Waals surface area contributed by atoms with E-state index in [-0.39, 0.29) is 11.3 Å². The quantitative estimate of drug-likeness (QED) is 0.446. The number of aliphatic carboxylic acids is 1. The van der Waals surface area contributed by atoms with Gasteiger partial charge in [-0.3, -0.25) is 4.79 Å². The van der Waals surface area contributed by atoms with E-state index in [9.17, 15) is 9.59 Å². The molecule has 0 spiro atoms. The van der Waals surface area contributed by atoms with Crippen LogP contribution in [0.4, 0.5) is 0 Å². The first-order valence-corrected chi connectivity index (χ1v) is 5.98. The van der Waals surface area contributed by atoms with Crippen LogP contribution in [0.5, 0.6) is 0 Å². The third kappa shape index (κ3) is 1.39. The Bertz CT molecular complexity index is 417. The van der Waals surface area contributed by atoms with Gasteiger partial charge in [-0.05, 0) is 26.1 Å². The molecule has 16 heavy (non-hydrogen) atoms. The van der Waals surface area contributed by atoms with Crippen molar-refractivity contribution in [2.45, 2.75) is 36.1 Å². The van der Waals surface area contributed by atoms with Crippen molar-refractivity contribution in [3.63, 3.8) is 0 Å². The Balaban J connectivity index is 2.31. The molecule has 0 aromatic rings. The zero-order valence-electron chi connectivity index (χ0n) is 8.71. The van der Waals surface area contributed by atoms with E-state index in [1.807, 2.05) is 13.8 Å². The first kappa shape index (κ1) is 11.6. The minimum Gasteiger partial charge on any atom is -0.480 e. The molecule has 2 saturated heterocycles. The molecule has 2 fully saturated rings. The average Bonchev–Trinajstić information content (AvgIpc) is 2.43. The van der Waals surface area contributed by atoms with E-state index in [2.05, 4.69) is 22.4 Å². The Labute approximate surface area is 102 Å². The average molecular weight is 258 g/mol. The third-order valence-electron chi connectivity index (χ3n) is 2.84. The van der Waals surface area contributed by atoms with Crippen molar-refractivity contribution in [2.24, 2.45) is 4.99 Å². The summed E-state index contributed by atoms with van der Waals surface area (Å²) in [6, 6.07) is -1.34. The maximum Gasteiger partial charge on any atom is 0.327 e. The molecule has 3 atom stereocenters. The van der Waals surface area contributed by atoms with Gasteiger partial charge in [-0.25, -0.2) is 9.79 Å². The molecule has 0 aromatic carbocycles. The number of carboxylic acids is 1. The smallest absolute Gasteiger partial charge is 0.327 e. The molecule has 0 radical (unpaired) electrons. The van der Waals surface area contributed by atoms with Gasteiger partial charge >= 0.3 is 5.97 Å². The Hall–Kier alpha value is -0.910. The fourth-order valence-corrected chi connectivity index (χ4v) is 3.89. The number of amides is 1. The van der Waals surface area contributed by atoms with Gasteiger partial charge in [0.25, 0.3) is 5.91 Å². The standard InChI is InChI=1S/C9H10N2O3S2/c1-9(2)5(8(13)14)11-6(12)4(10-3-15)7(11)16-9/h4-5,7H,1-2H3,(H,13,14)/t4-,5+,7-/m1/s1. The molecule has 0 saturated carbocycles. The van der Waals surface area contributed by atoms with Crippen LogP contribution in [0.15, 0.2) is 4.99 Å². The number of thiocarbonyl (C=S) groups is 1. The minimum absolute atomic E-state index is 0.209. The molecule has 1 amide bonds. The lowest BCUT2D eigenvalue weighted by atomic mass is 9.96. The summed E-state index contributed by atoms with van der Waals surface area (Å²) >= 11 is 5.92. The Morgan fingerprint density at radius 1 is 1.69 bits per heavy atom. The highest BCUT2D eigenvalue weighted by atomic mass is 32.2. The zero-order chi connectivity index (χ0) is 12.1. The molecular weight excluding hydrogens is 248 g/mol. The number of fused-ring (bicyclic) bond motifs is 1. The van der Waals surface area contributed by atoms with Gasteiger partial charge in [0.1, 0.15) is 11.4 Å². The summed E-state index contributed by atoms with van der Waals surface area (Å²) in [6.45, 7) is 3.64. The molecule has 0 aromatic heterocycles. The van der Waals surface area contributed by atoms with Crippen LogP contribution in [0, 0.1) is 0 Å². The van der Waals surface area contributed by atoms with Gasteiger partial charge in [0, 0.05) is 4.75 Å². The number of hydrogen-bond donors (Lipinski definition) is 1. The number of aliphatic imine (C=N–C) groups is 1. The Morgan fingerprint density at radius 2 is 2.31 bits per heavy atom. The molecule has 7 heteroatoms. The summed E-state index contributed by atoms with van der Waals surface area (Å²) in [5, 5.41) is 11.1. The SMILES string of the molecule is CC1(C)S[C@@H]2[C@H](N=C=S)C(=O)N2[C@H]1C(=O)O. The van der Waals surface area contributed by atoms with Crippen molar-refractivity contribution in [1.82, 2.24) is 4.90 Å². The fraction of sp³-hybridized carbons (Fsp3) is 0.667. The van der Waals surface area contributed by atoms with Crippen LogP contribution in [0.3, 0.4) is 0 Å². The maximum atomic E-state index is 11.7. The van der Waals surface area contributed by atoms with Crippen LogP contribution in [-0.4, -0.2) is 49.2 Å². The van der Waals surface area contributed by atoms with Gasteiger partial charge in [0.15, 0.2) is 6.04 Å². The fourth-order valence-electron chi connectivity index (χ4n) is 2.17. The highest BCUT2D eigenvalue weighted by Gasteiger charge is 2.64. The monoisotopic (exact) mass is 258 g/mol. The van der Waals surface area contributed by atoms with Gasteiger partial charge in [-0.1, -0.05) is 0 Å². The number of carbonyl (C=O) groups is 2. The number of β-lactam (4-membered cyclic amide) rings is 1. The van der Waals surface area contributed by atoms with Crippen molar-refractivity contribution in [1.29, 1.82) is 0 Å². The summed E-state index contributed by atoms with van der Waals surface area (Å²) in [6.07, 6.45) is 0. The van der Waals surface area contributed by atoms with E-state index in [1.165, 1.54) is 16.7 Å². The van der Waals surface area contributed by atoms with E-state index >= 15 is 0 Å². The summed E-state index contributed by atoms with van der Waals surface area (Å²) in [4.78, 5) is 28.0. The first-order chi connectivity index (χ1) is 7.40. The van der Waals surface area contributed by atoms with E-state index in [1.54, 1.807) is 0 Å². The van der Waals surface area contributed by atoms with E-state index < -0.39 is 22.8 Å². The van der Waals surface area contributed by atoms with Crippen LogP contribution in [0.1, 0.15) is 13.8 Å². The molecule has 86 valence electrons. The Kier molecular flexibility index (Phi) is 2.57. The first-order valence-electron chi connectivity index (χ1n) is 4.70. The zero-order valence-corrected chi connectivity index (χ0v) is 10.3. The Morgan fingerprint density at radius 3 is 2.81 bits per heavy atom. The van der Waals surface area contributed by atoms with Crippen LogP contribution < -0.4 is 0 Å². The summed E-state index contributed by atoms with van der Waals surface area (Å²) in [5.41, 5.74) is 0.